The molecule has 0 aromatic heterocycles. The maximum atomic E-state index is 15.1. The van der Waals surface area contributed by atoms with Crippen molar-refractivity contribution in [1.29, 1.82) is 0 Å². The van der Waals surface area contributed by atoms with Crippen LogP contribution in [0.3, 0.4) is 0 Å². The van der Waals surface area contributed by atoms with Gasteiger partial charge in [0.25, 0.3) is 0 Å². The van der Waals surface area contributed by atoms with Gasteiger partial charge < -0.3 is 25.6 Å². The van der Waals surface area contributed by atoms with Crippen molar-refractivity contribution in [2.75, 3.05) is 49.1 Å². The minimum atomic E-state index is -0.570. The number of nitrogens with zero attached hydrogens (tertiary/aromatic N) is 3. The number of halogens is 1. The molecule has 1 atom stereocenters. The maximum absolute atomic E-state index is 15.1. The van der Waals surface area contributed by atoms with Crippen molar-refractivity contribution in [2.45, 2.75) is 45.3 Å². The Kier molecular flexibility index (Phi) is 9.97. The molecule has 3 amide bonds. The second-order valence-electron chi connectivity index (χ2n) is 9.97. The third-order valence-corrected chi connectivity index (χ3v) is 7.01. The van der Waals surface area contributed by atoms with Gasteiger partial charge in [0.1, 0.15) is 11.9 Å². The molecule has 2 saturated heterocycles. The number of nitrogens with one attached hydrogen (secondary N) is 1. The van der Waals surface area contributed by atoms with Crippen molar-refractivity contribution in [1.82, 2.24) is 10.2 Å². The summed E-state index contributed by atoms with van der Waals surface area (Å²) in [5.41, 5.74) is 8.52. The Morgan fingerprint density at radius 3 is 2.65 bits per heavy atom. The molecule has 212 valence electrons. The van der Waals surface area contributed by atoms with Gasteiger partial charge in [-0.2, -0.15) is 0 Å². The van der Waals surface area contributed by atoms with Crippen LogP contribution in [-0.4, -0.2) is 68.2 Å². The second kappa shape index (κ2) is 13.8. The molecule has 0 saturated carbocycles. The molecular formula is C30H36FN5O4. The molecule has 0 unspecified atom stereocenters. The second-order valence-corrected chi connectivity index (χ2v) is 9.97. The van der Waals surface area contributed by atoms with Crippen LogP contribution >= 0.6 is 0 Å². The smallest absolute Gasteiger partial charge is 0.414 e. The maximum Gasteiger partial charge on any atom is 0.414 e. The number of rotatable bonds is 9. The van der Waals surface area contributed by atoms with Gasteiger partial charge in [-0.05, 0) is 48.7 Å². The largest absolute Gasteiger partial charge is 0.442 e. The van der Waals surface area contributed by atoms with Crippen LogP contribution in [0.4, 0.5) is 20.6 Å². The first-order valence-electron chi connectivity index (χ1n) is 13.7. The number of amides is 3. The van der Waals surface area contributed by atoms with Gasteiger partial charge in [0.05, 0.1) is 24.5 Å². The molecule has 3 N–H and O–H groups in total. The molecule has 0 bridgehead atoms. The lowest BCUT2D eigenvalue weighted by molar-refractivity contribution is -0.131. The highest BCUT2D eigenvalue weighted by atomic mass is 19.1. The van der Waals surface area contributed by atoms with Crippen LogP contribution in [0.5, 0.6) is 0 Å². The normalized spacial score (nSPS) is 16.8. The van der Waals surface area contributed by atoms with Crippen molar-refractivity contribution in [3.8, 4) is 11.8 Å². The summed E-state index contributed by atoms with van der Waals surface area (Å²) >= 11 is 0. The van der Waals surface area contributed by atoms with E-state index in [1.807, 2.05) is 34.1 Å². The van der Waals surface area contributed by atoms with Gasteiger partial charge in [0.2, 0.25) is 11.8 Å². The minimum absolute atomic E-state index is 0.112. The third-order valence-electron chi connectivity index (χ3n) is 7.01. The Morgan fingerprint density at radius 1 is 1.12 bits per heavy atom. The van der Waals surface area contributed by atoms with Crippen molar-refractivity contribution < 1.29 is 23.5 Å². The molecule has 0 spiro atoms. The number of benzene rings is 2. The summed E-state index contributed by atoms with van der Waals surface area (Å²) in [4.78, 5) is 41.2. The van der Waals surface area contributed by atoms with E-state index < -0.39 is 18.0 Å². The predicted molar refractivity (Wildman–Crippen MR) is 151 cm³/mol. The number of cyclic esters (lactones) is 1. The molecule has 2 aliphatic heterocycles. The highest BCUT2D eigenvalue weighted by Gasteiger charge is 2.33. The summed E-state index contributed by atoms with van der Waals surface area (Å²) < 4.78 is 20.3. The summed E-state index contributed by atoms with van der Waals surface area (Å²) in [7, 11) is 0. The quantitative estimate of drug-likeness (QED) is 0.368. The average Bonchev–Trinajstić information content (AvgIpc) is 3.34. The fraction of sp³-hybridized carbons (Fsp3) is 0.433. The lowest BCUT2D eigenvalue weighted by Crippen LogP contribution is -2.49. The van der Waals surface area contributed by atoms with Crippen LogP contribution in [0.1, 0.15) is 43.7 Å². The van der Waals surface area contributed by atoms with Crippen LogP contribution in [-0.2, 0) is 20.9 Å². The van der Waals surface area contributed by atoms with E-state index in [1.165, 1.54) is 17.9 Å². The Hall–Kier alpha value is -4.10. The lowest BCUT2D eigenvalue weighted by Gasteiger charge is -2.36. The van der Waals surface area contributed by atoms with Crippen molar-refractivity contribution in [2.24, 2.45) is 5.73 Å². The number of hydrogen-bond donors (Lipinski definition) is 2. The Bertz CT molecular complexity index is 1280. The minimum Gasteiger partial charge on any atom is -0.442 e. The van der Waals surface area contributed by atoms with Crippen molar-refractivity contribution in [3.05, 3.63) is 59.4 Å². The number of carbonyl (C=O) groups excluding carboxylic acids is 3. The zero-order chi connectivity index (χ0) is 28.5. The summed E-state index contributed by atoms with van der Waals surface area (Å²) in [6.07, 6.45) is 1.77. The van der Waals surface area contributed by atoms with Gasteiger partial charge in [-0.15, -0.1) is 0 Å². The van der Waals surface area contributed by atoms with Crippen molar-refractivity contribution in [3.63, 3.8) is 0 Å². The molecule has 2 aliphatic rings. The van der Waals surface area contributed by atoms with E-state index in [1.54, 1.807) is 12.1 Å². The van der Waals surface area contributed by atoms with Gasteiger partial charge in [0, 0.05) is 58.1 Å². The Labute approximate surface area is 234 Å². The third kappa shape index (κ3) is 7.73. The Morgan fingerprint density at radius 2 is 1.93 bits per heavy atom. The Balaban J connectivity index is 1.20. The molecule has 40 heavy (non-hydrogen) atoms. The number of ether oxygens (including phenoxy) is 1. The number of piperazine rings is 1. The average molecular weight is 550 g/mol. The first-order valence-corrected chi connectivity index (χ1v) is 13.7. The summed E-state index contributed by atoms with van der Waals surface area (Å²) in [6.45, 7) is 4.43. The van der Waals surface area contributed by atoms with Gasteiger partial charge >= 0.3 is 6.09 Å². The SMILES string of the molecule is CC(=O)NC[C@H]1CN(c2ccc(N3CCN(C(=O)CCCCC#Cc4cccc(CN)c4)CC3)c(F)c2)C(=O)O1. The highest BCUT2D eigenvalue weighted by Crippen LogP contribution is 2.28. The molecule has 0 radical (unpaired) electrons. The number of carbonyl (C=O) groups is 3. The molecule has 4 rings (SSSR count). The van der Waals surface area contributed by atoms with Crippen molar-refractivity contribution >= 4 is 29.3 Å². The molecule has 0 aliphatic carbocycles. The van der Waals surface area contributed by atoms with E-state index in [4.69, 9.17) is 10.5 Å². The van der Waals surface area contributed by atoms with Crippen LogP contribution in [0.15, 0.2) is 42.5 Å². The fourth-order valence-electron chi connectivity index (χ4n) is 4.80. The van der Waals surface area contributed by atoms with E-state index in [0.717, 1.165) is 30.4 Å². The predicted octanol–water partition coefficient (Wildman–Crippen LogP) is 3.01. The van der Waals surface area contributed by atoms with E-state index in [-0.39, 0.29) is 24.9 Å². The fourth-order valence-corrected chi connectivity index (χ4v) is 4.80. The molecule has 2 aromatic rings. The van der Waals surface area contributed by atoms with Crippen LogP contribution in [0.25, 0.3) is 0 Å². The monoisotopic (exact) mass is 549 g/mol. The molecule has 9 nitrogen and oxygen atoms in total. The molecule has 2 heterocycles. The van der Waals surface area contributed by atoms with Crippen LogP contribution in [0, 0.1) is 17.7 Å². The number of nitrogens with two attached hydrogens (primary N) is 1. The topological polar surface area (TPSA) is 108 Å². The first-order chi connectivity index (χ1) is 19.3. The van der Waals surface area contributed by atoms with E-state index in [9.17, 15) is 14.4 Å². The van der Waals surface area contributed by atoms with Crippen LogP contribution < -0.4 is 20.9 Å². The van der Waals surface area contributed by atoms with E-state index in [0.29, 0.717) is 50.5 Å². The van der Waals surface area contributed by atoms with Gasteiger partial charge in [-0.25, -0.2) is 9.18 Å². The van der Waals surface area contributed by atoms with Gasteiger partial charge in [-0.3, -0.25) is 14.5 Å². The number of unbranched alkanes of at least 4 members (excludes halogenated alkanes) is 2. The lowest BCUT2D eigenvalue weighted by atomic mass is 10.1. The summed E-state index contributed by atoms with van der Waals surface area (Å²) in [5, 5.41) is 2.62. The zero-order valence-electron chi connectivity index (χ0n) is 22.8. The van der Waals surface area contributed by atoms with Gasteiger partial charge in [-0.1, -0.05) is 24.0 Å². The molecular weight excluding hydrogens is 513 g/mol. The number of hydrogen-bond acceptors (Lipinski definition) is 6. The standard InChI is InChI=1S/C30H36FN5O4/c1-22(37)33-20-26-21-36(30(39)40-26)25-11-12-28(27(31)18-25)34-13-15-35(16-14-34)29(38)10-5-3-2-4-7-23-8-6-9-24(17-23)19-32/h6,8-9,11-12,17-18,26H,2-3,5,10,13-16,19-21,32H2,1H3,(H,33,37)/t26-/m0/s1. The molecule has 2 aromatic carbocycles. The summed E-state index contributed by atoms with van der Waals surface area (Å²) in [5.74, 6) is 5.78. The summed E-state index contributed by atoms with van der Waals surface area (Å²) in [6, 6.07) is 12.6. The van der Waals surface area contributed by atoms with Gasteiger partial charge in [0.15, 0.2) is 0 Å². The van der Waals surface area contributed by atoms with E-state index in [2.05, 4.69) is 17.2 Å². The zero-order valence-corrected chi connectivity index (χ0v) is 22.8. The number of anilines is 2. The van der Waals surface area contributed by atoms with Crippen LogP contribution in [0.2, 0.25) is 0 Å². The molecule has 10 heteroatoms. The first kappa shape index (κ1) is 28.9. The molecule has 2 fully saturated rings. The van der Waals surface area contributed by atoms with E-state index >= 15 is 4.39 Å². The highest BCUT2D eigenvalue weighted by molar-refractivity contribution is 5.90.